The van der Waals surface area contributed by atoms with E-state index in [0.717, 1.165) is 30.7 Å². The molecule has 1 amide bonds. The van der Waals surface area contributed by atoms with Crippen LogP contribution in [0.4, 0.5) is 14.5 Å². The lowest BCUT2D eigenvalue weighted by molar-refractivity contribution is -0.117. The van der Waals surface area contributed by atoms with Crippen molar-refractivity contribution in [1.29, 1.82) is 0 Å². The van der Waals surface area contributed by atoms with Gasteiger partial charge in [-0.1, -0.05) is 24.3 Å². The van der Waals surface area contributed by atoms with Crippen LogP contribution < -0.4 is 10.2 Å². The zero-order chi connectivity index (χ0) is 16.2. The maximum Gasteiger partial charge on any atom is 0.240 e. The lowest BCUT2D eigenvalue weighted by Gasteiger charge is -2.29. The molecule has 2 aromatic carbocycles. The third kappa shape index (κ3) is 3.56. The second kappa shape index (κ2) is 6.87. The van der Waals surface area contributed by atoms with Crippen molar-refractivity contribution in [2.75, 3.05) is 18.0 Å². The molecule has 1 heterocycles. The summed E-state index contributed by atoms with van der Waals surface area (Å²) in [4.78, 5) is 14.2. The predicted molar refractivity (Wildman–Crippen MR) is 85.2 cm³/mol. The van der Waals surface area contributed by atoms with Gasteiger partial charge < -0.3 is 10.2 Å². The molecule has 0 fully saturated rings. The van der Waals surface area contributed by atoms with Crippen molar-refractivity contribution in [1.82, 2.24) is 5.32 Å². The van der Waals surface area contributed by atoms with Crippen molar-refractivity contribution < 1.29 is 13.6 Å². The molecule has 0 bridgehead atoms. The van der Waals surface area contributed by atoms with Crippen LogP contribution in [0.15, 0.2) is 42.5 Å². The lowest BCUT2D eigenvalue weighted by Crippen LogP contribution is -2.41. The first-order chi connectivity index (χ1) is 11.1. The first kappa shape index (κ1) is 15.6. The molecule has 0 saturated heterocycles. The van der Waals surface area contributed by atoms with E-state index < -0.39 is 11.6 Å². The fraction of sp³-hybridized carbons (Fsp3) is 0.278. The van der Waals surface area contributed by atoms with E-state index in [4.69, 9.17) is 0 Å². The van der Waals surface area contributed by atoms with Gasteiger partial charge in [0.25, 0.3) is 0 Å². The Morgan fingerprint density at radius 3 is 2.78 bits per heavy atom. The van der Waals surface area contributed by atoms with Gasteiger partial charge in [-0.2, -0.15) is 0 Å². The van der Waals surface area contributed by atoms with Crippen molar-refractivity contribution in [3.63, 3.8) is 0 Å². The number of hydrogen-bond donors (Lipinski definition) is 1. The van der Waals surface area contributed by atoms with Gasteiger partial charge in [0.15, 0.2) is 11.6 Å². The maximum absolute atomic E-state index is 13.1. The van der Waals surface area contributed by atoms with Crippen LogP contribution >= 0.6 is 0 Å². The number of aryl methyl sites for hydroxylation is 1. The van der Waals surface area contributed by atoms with Gasteiger partial charge in [0.05, 0.1) is 6.54 Å². The largest absolute Gasteiger partial charge is 0.311 e. The highest BCUT2D eigenvalue weighted by Crippen LogP contribution is 2.26. The summed E-state index contributed by atoms with van der Waals surface area (Å²) in [5, 5.41) is 3.00. The fourth-order valence-corrected chi connectivity index (χ4v) is 2.85. The topological polar surface area (TPSA) is 32.3 Å². The van der Waals surface area contributed by atoms with Crippen molar-refractivity contribution >= 4 is 11.6 Å². The number of benzene rings is 2. The molecule has 3 rings (SSSR count). The van der Waals surface area contributed by atoms with Gasteiger partial charge in [0.1, 0.15) is 0 Å². The Morgan fingerprint density at radius 2 is 1.96 bits per heavy atom. The number of amides is 1. The summed E-state index contributed by atoms with van der Waals surface area (Å²) in [6, 6.07) is 11.7. The summed E-state index contributed by atoms with van der Waals surface area (Å²) in [6.45, 7) is 1.19. The van der Waals surface area contributed by atoms with Crippen molar-refractivity contribution in [2.45, 2.75) is 19.4 Å². The first-order valence-corrected chi connectivity index (χ1v) is 7.68. The van der Waals surface area contributed by atoms with E-state index in [1.54, 1.807) is 4.90 Å². The summed E-state index contributed by atoms with van der Waals surface area (Å²) in [5.41, 5.74) is 2.77. The number of anilines is 1. The summed E-state index contributed by atoms with van der Waals surface area (Å²) in [7, 11) is 0. The molecule has 1 N–H and O–H groups in total. The SMILES string of the molecule is O=C(CNCc1ccc(F)c(F)c1)N1CCCc2ccccc21. The van der Waals surface area contributed by atoms with E-state index in [9.17, 15) is 13.6 Å². The van der Waals surface area contributed by atoms with E-state index in [-0.39, 0.29) is 12.5 Å². The summed E-state index contributed by atoms with van der Waals surface area (Å²) in [5.74, 6) is -1.75. The zero-order valence-corrected chi connectivity index (χ0v) is 12.7. The van der Waals surface area contributed by atoms with Crippen molar-refractivity contribution in [3.05, 3.63) is 65.2 Å². The number of halogens is 2. The number of nitrogens with zero attached hydrogens (tertiary/aromatic N) is 1. The van der Waals surface area contributed by atoms with Crippen LogP contribution in [0.1, 0.15) is 17.5 Å². The molecule has 0 unspecified atom stereocenters. The van der Waals surface area contributed by atoms with Crippen LogP contribution in [0.3, 0.4) is 0 Å². The minimum absolute atomic E-state index is 0.0141. The van der Waals surface area contributed by atoms with Crippen molar-refractivity contribution in [2.24, 2.45) is 0 Å². The van der Waals surface area contributed by atoms with E-state index in [2.05, 4.69) is 5.32 Å². The van der Waals surface area contributed by atoms with E-state index in [1.165, 1.54) is 11.6 Å². The Labute approximate surface area is 133 Å². The number of hydrogen-bond acceptors (Lipinski definition) is 2. The average Bonchev–Trinajstić information content (AvgIpc) is 2.57. The van der Waals surface area contributed by atoms with Crippen LogP contribution in [0.2, 0.25) is 0 Å². The number of fused-ring (bicyclic) bond motifs is 1. The number of carbonyl (C=O) groups is 1. The van der Waals surface area contributed by atoms with Gasteiger partial charge in [-0.15, -0.1) is 0 Å². The third-order valence-electron chi connectivity index (χ3n) is 4.00. The minimum atomic E-state index is -0.874. The van der Waals surface area contributed by atoms with E-state index in [0.29, 0.717) is 18.7 Å². The molecule has 0 atom stereocenters. The summed E-state index contributed by atoms with van der Waals surface area (Å²) < 4.78 is 26.0. The van der Waals surface area contributed by atoms with Gasteiger partial charge in [0, 0.05) is 18.8 Å². The standard InChI is InChI=1S/C18H18F2N2O/c19-15-8-7-13(10-16(15)20)11-21-12-18(23)22-9-3-5-14-4-1-2-6-17(14)22/h1-2,4,6-8,10,21H,3,5,9,11-12H2. The highest BCUT2D eigenvalue weighted by molar-refractivity contribution is 5.95. The molecule has 5 heteroatoms. The molecular formula is C18H18F2N2O. The second-order valence-electron chi connectivity index (χ2n) is 5.63. The molecule has 23 heavy (non-hydrogen) atoms. The molecular weight excluding hydrogens is 298 g/mol. The molecule has 0 aliphatic carbocycles. The quantitative estimate of drug-likeness (QED) is 0.940. The minimum Gasteiger partial charge on any atom is -0.311 e. The Morgan fingerprint density at radius 1 is 1.13 bits per heavy atom. The van der Waals surface area contributed by atoms with Gasteiger partial charge in [-0.3, -0.25) is 4.79 Å². The van der Waals surface area contributed by atoms with Crippen LogP contribution in [0.25, 0.3) is 0 Å². The van der Waals surface area contributed by atoms with Crippen LogP contribution in [0, 0.1) is 11.6 Å². The van der Waals surface area contributed by atoms with Gasteiger partial charge >= 0.3 is 0 Å². The summed E-state index contributed by atoms with van der Waals surface area (Å²) >= 11 is 0. The van der Waals surface area contributed by atoms with Crippen LogP contribution in [-0.4, -0.2) is 19.0 Å². The van der Waals surface area contributed by atoms with Crippen LogP contribution in [0.5, 0.6) is 0 Å². The van der Waals surface area contributed by atoms with Crippen LogP contribution in [-0.2, 0) is 17.8 Å². The normalized spacial score (nSPS) is 13.7. The number of rotatable bonds is 4. The molecule has 3 nitrogen and oxygen atoms in total. The monoisotopic (exact) mass is 316 g/mol. The molecule has 1 aliphatic rings. The van der Waals surface area contributed by atoms with E-state index in [1.807, 2.05) is 24.3 Å². The van der Waals surface area contributed by atoms with Gasteiger partial charge in [-0.05, 0) is 42.2 Å². The smallest absolute Gasteiger partial charge is 0.240 e. The molecule has 0 saturated carbocycles. The van der Waals surface area contributed by atoms with Crippen molar-refractivity contribution in [3.8, 4) is 0 Å². The molecule has 0 spiro atoms. The fourth-order valence-electron chi connectivity index (χ4n) is 2.85. The molecule has 0 aromatic heterocycles. The van der Waals surface area contributed by atoms with E-state index >= 15 is 0 Å². The third-order valence-corrected chi connectivity index (χ3v) is 4.00. The Hall–Kier alpha value is -2.27. The Kier molecular flexibility index (Phi) is 4.67. The van der Waals surface area contributed by atoms with Gasteiger partial charge in [-0.25, -0.2) is 8.78 Å². The highest BCUT2D eigenvalue weighted by atomic mass is 19.2. The zero-order valence-electron chi connectivity index (χ0n) is 12.7. The first-order valence-electron chi connectivity index (χ1n) is 7.68. The molecule has 2 aromatic rings. The second-order valence-corrected chi connectivity index (χ2v) is 5.63. The number of carbonyl (C=O) groups excluding carboxylic acids is 1. The average molecular weight is 316 g/mol. The number of para-hydroxylation sites is 1. The Bertz CT molecular complexity index is 718. The Balaban J connectivity index is 1.59. The summed E-state index contributed by atoms with van der Waals surface area (Å²) in [6.07, 6.45) is 1.94. The molecule has 120 valence electrons. The molecule has 1 aliphatic heterocycles. The lowest BCUT2D eigenvalue weighted by atomic mass is 10.0. The highest BCUT2D eigenvalue weighted by Gasteiger charge is 2.21. The predicted octanol–water partition coefficient (Wildman–Crippen LogP) is 3.03. The maximum atomic E-state index is 13.1. The molecule has 0 radical (unpaired) electrons. The van der Waals surface area contributed by atoms with Gasteiger partial charge in [0.2, 0.25) is 5.91 Å². The number of nitrogens with one attached hydrogen (secondary N) is 1.